The minimum absolute atomic E-state index is 0.0531. The summed E-state index contributed by atoms with van der Waals surface area (Å²) in [4.78, 5) is 6.89. The maximum absolute atomic E-state index is 12.8. The smallest absolute Gasteiger partial charge is 0.367 e. The summed E-state index contributed by atoms with van der Waals surface area (Å²) >= 11 is 0. The number of nitrogens with one attached hydrogen (secondary N) is 2. The van der Waals surface area contributed by atoms with Gasteiger partial charge in [0.05, 0.1) is 0 Å². The van der Waals surface area contributed by atoms with Gasteiger partial charge < -0.3 is 10.7 Å². The molecule has 0 amide bonds. The van der Waals surface area contributed by atoms with Crippen LogP contribution in [0.1, 0.15) is 44.9 Å². The van der Waals surface area contributed by atoms with Gasteiger partial charge in [-0.05, 0) is 18.8 Å². The monoisotopic (exact) mass is 303 g/mol. The predicted molar refractivity (Wildman–Crippen MR) is 74.5 cm³/mol. The van der Waals surface area contributed by atoms with E-state index >= 15 is 0 Å². The second kappa shape index (κ2) is 6.46. The van der Waals surface area contributed by atoms with Gasteiger partial charge in [-0.3, -0.25) is 0 Å². The summed E-state index contributed by atoms with van der Waals surface area (Å²) in [5, 5.41) is 3.09. The molecule has 1 aromatic rings. The first kappa shape index (κ1) is 15.8. The minimum Gasteiger partial charge on any atom is -0.367 e. The lowest BCUT2D eigenvalue weighted by Crippen LogP contribution is -2.28. The van der Waals surface area contributed by atoms with Gasteiger partial charge in [0.2, 0.25) is 5.82 Å². The molecule has 5 nitrogen and oxygen atoms in total. The average Bonchev–Trinajstić information content (AvgIpc) is 2.46. The first-order chi connectivity index (χ1) is 9.92. The van der Waals surface area contributed by atoms with E-state index in [1.54, 1.807) is 0 Å². The fourth-order valence-electron chi connectivity index (χ4n) is 2.72. The van der Waals surface area contributed by atoms with E-state index in [0.29, 0.717) is 5.92 Å². The van der Waals surface area contributed by atoms with Crippen molar-refractivity contribution in [3.05, 3.63) is 11.9 Å². The Morgan fingerprint density at radius 3 is 2.62 bits per heavy atom. The number of aromatic nitrogens is 2. The Labute approximate surface area is 121 Å². The highest BCUT2D eigenvalue weighted by molar-refractivity contribution is 5.47. The van der Waals surface area contributed by atoms with E-state index in [2.05, 4.69) is 27.6 Å². The van der Waals surface area contributed by atoms with Crippen molar-refractivity contribution in [2.24, 2.45) is 11.8 Å². The molecule has 0 bridgehead atoms. The Kier molecular flexibility index (Phi) is 4.87. The van der Waals surface area contributed by atoms with Crippen LogP contribution in [0.4, 0.5) is 24.8 Å². The van der Waals surface area contributed by atoms with Crippen LogP contribution in [0.3, 0.4) is 0 Å². The van der Waals surface area contributed by atoms with Gasteiger partial charge in [0, 0.05) is 12.1 Å². The summed E-state index contributed by atoms with van der Waals surface area (Å²) < 4.78 is 38.3. The fraction of sp³-hybridized carbons (Fsp3) is 0.692. The van der Waals surface area contributed by atoms with Crippen molar-refractivity contribution in [2.75, 3.05) is 10.7 Å². The van der Waals surface area contributed by atoms with Crippen LogP contribution >= 0.6 is 0 Å². The summed E-state index contributed by atoms with van der Waals surface area (Å²) in [6, 6.07) is 1.54. The summed E-state index contributed by atoms with van der Waals surface area (Å²) in [7, 11) is 0. The van der Waals surface area contributed by atoms with Crippen molar-refractivity contribution in [1.29, 1.82) is 0 Å². The molecule has 0 aromatic carbocycles. The van der Waals surface area contributed by atoms with Crippen molar-refractivity contribution in [2.45, 2.75) is 51.2 Å². The highest BCUT2D eigenvalue weighted by atomic mass is 19.4. The van der Waals surface area contributed by atoms with Crippen LogP contribution in [0.5, 0.6) is 0 Å². The van der Waals surface area contributed by atoms with Crippen LogP contribution in [0.15, 0.2) is 6.07 Å². The lowest BCUT2D eigenvalue weighted by molar-refractivity contribution is -0.144. The molecule has 1 aliphatic carbocycles. The maximum Gasteiger partial charge on any atom is 0.451 e. The van der Waals surface area contributed by atoms with Gasteiger partial charge in [-0.2, -0.15) is 13.2 Å². The first-order valence-electron chi connectivity index (χ1n) is 7.11. The third kappa shape index (κ3) is 4.20. The van der Waals surface area contributed by atoms with E-state index in [1.165, 1.54) is 12.5 Å². The molecule has 1 heterocycles. The molecule has 1 aromatic heterocycles. The molecule has 0 saturated heterocycles. The van der Waals surface area contributed by atoms with Crippen LogP contribution in [0.2, 0.25) is 0 Å². The maximum atomic E-state index is 12.8. The number of nitrogens with two attached hydrogens (primary N) is 1. The van der Waals surface area contributed by atoms with Crippen molar-refractivity contribution in [3.63, 3.8) is 0 Å². The van der Waals surface area contributed by atoms with Crippen LogP contribution in [-0.2, 0) is 6.18 Å². The van der Waals surface area contributed by atoms with Crippen LogP contribution < -0.4 is 16.6 Å². The Hall–Kier alpha value is -1.57. The number of nitrogens with zero attached hydrogens (tertiary/aromatic N) is 2. The van der Waals surface area contributed by atoms with Gasteiger partial charge in [0.1, 0.15) is 11.6 Å². The number of halogens is 3. The Balaban J connectivity index is 2.15. The van der Waals surface area contributed by atoms with Gasteiger partial charge in [0.15, 0.2) is 0 Å². The van der Waals surface area contributed by atoms with E-state index in [4.69, 9.17) is 5.84 Å². The normalized spacial score (nSPS) is 22.9. The molecule has 1 saturated carbocycles. The molecule has 0 radical (unpaired) electrons. The molecule has 0 spiro atoms. The molecule has 2 rings (SSSR count). The summed E-state index contributed by atoms with van der Waals surface area (Å²) in [5.74, 6) is 4.70. The molecule has 8 heteroatoms. The zero-order chi connectivity index (χ0) is 15.5. The molecule has 4 N–H and O–H groups in total. The molecule has 21 heavy (non-hydrogen) atoms. The number of nitrogen functional groups attached to an aromatic ring is 1. The third-order valence-corrected chi connectivity index (χ3v) is 3.84. The highest BCUT2D eigenvalue weighted by Crippen LogP contribution is 2.31. The zero-order valence-corrected chi connectivity index (χ0v) is 11.9. The zero-order valence-electron chi connectivity index (χ0n) is 11.9. The van der Waals surface area contributed by atoms with E-state index in [9.17, 15) is 13.2 Å². The summed E-state index contributed by atoms with van der Waals surface area (Å²) in [5.41, 5.74) is 2.15. The van der Waals surface area contributed by atoms with Crippen LogP contribution in [0, 0.1) is 5.92 Å². The lowest BCUT2D eigenvalue weighted by Gasteiger charge is -2.29. The van der Waals surface area contributed by atoms with E-state index in [1.807, 2.05) is 0 Å². The fourth-order valence-corrected chi connectivity index (χ4v) is 2.72. The van der Waals surface area contributed by atoms with Crippen molar-refractivity contribution < 1.29 is 13.2 Å². The number of hydrazine groups is 1. The first-order valence-corrected chi connectivity index (χ1v) is 7.11. The third-order valence-electron chi connectivity index (χ3n) is 3.84. The van der Waals surface area contributed by atoms with Crippen molar-refractivity contribution >= 4 is 11.6 Å². The topological polar surface area (TPSA) is 75.9 Å². The van der Waals surface area contributed by atoms with Gasteiger partial charge in [-0.1, -0.05) is 26.2 Å². The molecular weight excluding hydrogens is 283 g/mol. The Bertz CT molecular complexity index is 477. The Morgan fingerprint density at radius 2 is 2.00 bits per heavy atom. The standard InChI is InChI=1S/C13H20F3N5/c1-2-8-4-3-5-9(6-8)18-10-7-11(21-17)20-12(19-10)13(14,15)16/h7-9H,2-6,17H2,1H3,(H2,18,19,20,21). The highest BCUT2D eigenvalue weighted by Gasteiger charge is 2.35. The SMILES string of the molecule is CCC1CCCC(Nc2cc(NN)nc(C(F)(F)F)n2)C1. The second-order valence-corrected chi connectivity index (χ2v) is 5.39. The van der Waals surface area contributed by atoms with Gasteiger partial charge in [-0.25, -0.2) is 15.8 Å². The van der Waals surface area contributed by atoms with Crippen molar-refractivity contribution in [3.8, 4) is 0 Å². The van der Waals surface area contributed by atoms with Crippen LogP contribution in [-0.4, -0.2) is 16.0 Å². The second-order valence-electron chi connectivity index (χ2n) is 5.39. The molecule has 0 aliphatic heterocycles. The predicted octanol–water partition coefficient (Wildman–Crippen LogP) is 3.16. The minimum atomic E-state index is -4.60. The molecular formula is C13H20F3N5. The van der Waals surface area contributed by atoms with E-state index in [0.717, 1.165) is 25.7 Å². The lowest BCUT2D eigenvalue weighted by atomic mass is 9.84. The van der Waals surface area contributed by atoms with E-state index < -0.39 is 12.0 Å². The summed E-state index contributed by atoms with van der Waals surface area (Å²) in [6.07, 6.45) is 0.644. The van der Waals surface area contributed by atoms with Crippen molar-refractivity contribution in [1.82, 2.24) is 9.97 Å². The number of hydrogen-bond donors (Lipinski definition) is 3. The molecule has 1 fully saturated rings. The molecule has 2 unspecified atom stereocenters. The number of alkyl halides is 3. The Morgan fingerprint density at radius 1 is 1.29 bits per heavy atom. The number of rotatable bonds is 4. The molecule has 1 aliphatic rings. The molecule has 118 valence electrons. The van der Waals surface area contributed by atoms with Gasteiger partial charge >= 0.3 is 6.18 Å². The quantitative estimate of drug-likeness (QED) is 0.588. The van der Waals surface area contributed by atoms with E-state index in [-0.39, 0.29) is 17.7 Å². The number of hydrogen-bond acceptors (Lipinski definition) is 5. The van der Waals surface area contributed by atoms with Crippen LogP contribution in [0.25, 0.3) is 0 Å². The molecule has 2 atom stereocenters. The van der Waals surface area contributed by atoms with Gasteiger partial charge in [0.25, 0.3) is 0 Å². The average molecular weight is 303 g/mol. The largest absolute Gasteiger partial charge is 0.451 e. The summed E-state index contributed by atoms with van der Waals surface area (Å²) in [6.45, 7) is 2.13. The van der Waals surface area contributed by atoms with Gasteiger partial charge in [-0.15, -0.1) is 0 Å². The number of anilines is 2.